The molecule has 78 valence electrons. The quantitative estimate of drug-likeness (QED) is 0.463. The van der Waals surface area contributed by atoms with Crippen molar-refractivity contribution in [2.45, 2.75) is 12.1 Å². The second-order valence-corrected chi connectivity index (χ2v) is 3.41. The van der Waals surface area contributed by atoms with E-state index in [1.165, 1.54) is 7.11 Å². The smallest absolute Gasteiger partial charge is 0.332 e. The van der Waals surface area contributed by atoms with Gasteiger partial charge in [-0.25, -0.2) is 4.79 Å². The minimum absolute atomic E-state index is 0.213. The van der Waals surface area contributed by atoms with E-state index in [-0.39, 0.29) is 5.91 Å². The standard InChI is InChI=1S/C9H14N2O3/c1-5-6(9(13)14-4)10-8(12)7(5)11(2)3/h6-7H,1H2,2-4H3,(H,10,12)/t6-,7?/m0/s1. The Bertz CT molecular complexity index is 286. The predicted molar refractivity (Wildman–Crippen MR) is 50.6 cm³/mol. The molecule has 1 amide bonds. The Labute approximate surface area is 82.7 Å². The van der Waals surface area contributed by atoms with Crippen LogP contribution < -0.4 is 5.32 Å². The molecule has 1 rings (SSSR count). The lowest BCUT2D eigenvalue weighted by Crippen LogP contribution is -2.36. The van der Waals surface area contributed by atoms with Crippen molar-refractivity contribution in [3.05, 3.63) is 12.2 Å². The molecule has 0 aromatic carbocycles. The van der Waals surface area contributed by atoms with E-state index in [0.717, 1.165) is 0 Å². The molecule has 1 N–H and O–H groups in total. The van der Waals surface area contributed by atoms with Gasteiger partial charge in [0.05, 0.1) is 7.11 Å². The fourth-order valence-electron chi connectivity index (χ4n) is 1.53. The molecule has 0 spiro atoms. The molecule has 2 atom stereocenters. The third kappa shape index (κ3) is 1.63. The van der Waals surface area contributed by atoms with E-state index in [9.17, 15) is 9.59 Å². The molecule has 1 aliphatic heterocycles. The SMILES string of the molecule is C=C1C(N(C)C)C(=O)N[C@@H]1C(=O)OC. The lowest BCUT2D eigenvalue weighted by molar-refractivity contribution is -0.142. The normalized spacial score (nSPS) is 26.6. The molecular formula is C9H14N2O3. The third-order valence-electron chi connectivity index (χ3n) is 2.21. The summed E-state index contributed by atoms with van der Waals surface area (Å²) in [6, 6.07) is -1.15. The van der Waals surface area contributed by atoms with E-state index in [1.54, 1.807) is 19.0 Å². The molecule has 0 aromatic heterocycles. The highest BCUT2D eigenvalue weighted by Gasteiger charge is 2.41. The zero-order chi connectivity index (χ0) is 10.9. The highest BCUT2D eigenvalue weighted by Crippen LogP contribution is 2.18. The minimum Gasteiger partial charge on any atom is -0.467 e. The lowest BCUT2D eigenvalue weighted by Gasteiger charge is -2.17. The summed E-state index contributed by atoms with van der Waals surface area (Å²) in [5.41, 5.74) is 0.534. The van der Waals surface area contributed by atoms with Crippen molar-refractivity contribution < 1.29 is 14.3 Å². The number of carbonyl (C=O) groups is 2. The molecular weight excluding hydrogens is 184 g/mol. The maximum atomic E-state index is 11.4. The van der Waals surface area contributed by atoms with Crippen LogP contribution in [-0.2, 0) is 14.3 Å². The summed E-state index contributed by atoms with van der Waals surface area (Å²) in [6.45, 7) is 3.73. The number of methoxy groups -OCH3 is 1. The van der Waals surface area contributed by atoms with Crippen LogP contribution in [0.1, 0.15) is 0 Å². The molecule has 5 heteroatoms. The van der Waals surface area contributed by atoms with Gasteiger partial charge in [0, 0.05) is 0 Å². The molecule has 0 saturated carbocycles. The van der Waals surface area contributed by atoms with Crippen LogP contribution in [0.15, 0.2) is 12.2 Å². The summed E-state index contributed by atoms with van der Waals surface area (Å²) in [5.74, 6) is -0.692. The molecule has 5 nitrogen and oxygen atoms in total. The van der Waals surface area contributed by atoms with Crippen LogP contribution in [0, 0.1) is 0 Å². The van der Waals surface area contributed by atoms with Crippen molar-refractivity contribution in [3.63, 3.8) is 0 Å². The van der Waals surface area contributed by atoms with E-state index in [0.29, 0.717) is 5.57 Å². The molecule has 1 fully saturated rings. The summed E-state index contributed by atoms with van der Waals surface area (Å²) < 4.78 is 4.55. The third-order valence-corrected chi connectivity index (χ3v) is 2.21. The van der Waals surface area contributed by atoms with Gasteiger partial charge in [-0.2, -0.15) is 0 Å². The van der Waals surface area contributed by atoms with Gasteiger partial charge in [-0.3, -0.25) is 9.69 Å². The number of nitrogens with one attached hydrogen (secondary N) is 1. The first kappa shape index (κ1) is 10.7. The number of likely N-dealkylation sites (N-methyl/N-ethyl adjacent to an activating group) is 1. The van der Waals surface area contributed by atoms with Crippen LogP contribution in [-0.4, -0.2) is 50.1 Å². The van der Waals surface area contributed by atoms with E-state index >= 15 is 0 Å². The number of nitrogens with zero attached hydrogens (tertiary/aromatic N) is 1. The first-order valence-electron chi connectivity index (χ1n) is 4.22. The van der Waals surface area contributed by atoms with Crippen LogP contribution >= 0.6 is 0 Å². The monoisotopic (exact) mass is 198 g/mol. The number of carbonyl (C=O) groups excluding carboxylic acids is 2. The summed E-state index contributed by atoms with van der Waals surface area (Å²) in [7, 11) is 4.80. The maximum absolute atomic E-state index is 11.4. The second kappa shape index (κ2) is 3.79. The van der Waals surface area contributed by atoms with Crippen LogP contribution in [0.5, 0.6) is 0 Å². The Hall–Kier alpha value is -1.36. The van der Waals surface area contributed by atoms with Crippen molar-refractivity contribution in [1.29, 1.82) is 0 Å². The highest BCUT2D eigenvalue weighted by atomic mass is 16.5. The van der Waals surface area contributed by atoms with E-state index in [2.05, 4.69) is 16.6 Å². The lowest BCUT2D eigenvalue weighted by atomic mass is 10.1. The Morgan fingerprint density at radius 3 is 2.50 bits per heavy atom. The molecule has 0 aliphatic carbocycles. The van der Waals surface area contributed by atoms with Gasteiger partial charge >= 0.3 is 5.97 Å². The fourth-order valence-corrected chi connectivity index (χ4v) is 1.53. The van der Waals surface area contributed by atoms with Crippen LogP contribution in [0.2, 0.25) is 0 Å². The Morgan fingerprint density at radius 2 is 2.14 bits per heavy atom. The number of rotatable bonds is 2. The molecule has 0 aromatic rings. The second-order valence-electron chi connectivity index (χ2n) is 3.41. The van der Waals surface area contributed by atoms with Crippen molar-refractivity contribution in [3.8, 4) is 0 Å². The Morgan fingerprint density at radius 1 is 1.57 bits per heavy atom. The van der Waals surface area contributed by atoms with E-state index in [4.69, 9.17) is 0 Å². The first-order chi connectivity index (χ1) is 6.49. The summed E-state index contributed by atoms with van der Waals surface area (Å²) in [6.07, 6.45) is 0. The zero-order valence-corrected chi connectivity index (χ0v) is 8.53. The van der Waals surface area contributed by atoms with Crippen LogP contribution in [0.25, 0.3) is 0 Å². The van der Waals surface area contributed by atoms with Crippen molar-refractivity contribution >= 4 is 11.9 Å². The van der Waals surface area contributed by atoms with Gasteiger partial charge < -0.3 is 10.1 Å². The topological polar surface area (TPSA) is 58.6 Å². The molecule has 1 unspecified atom stereocenters. The van der Waals surface area contributed by atoms with Crippen molar-refractivity contribution in [1.82, 2.24) is 10.2 Å². The first-order valence-corrected chi connectivity index (χ1v) is 4.22. The molecule has 1 aliphatic rings. The van der Waals surface area contributed by atoms with Crippen LogP contribution in [0.4, 0.5) is 0 Å². The number of ether oxygens (including phenoxy) is 1. The Balaban J connectivity index is 2.84. The average Bonchev–Trinajstić information content (AvgIpc) is 2.40. The molecule has 1 heterocycles. The zero-order valence-electron chi connectivity index (χ0n) is 8.53. The molecule has 1 saturated heterocycles. The molecule has 14 heavy (non-hydrogen) atoms. The van der Waals surface area contributed by atoms with Gasteiger partial charge in [-0.1, -0.05) is 6.58 Å². The minimum atomic E-state index is -0.708. The summed E-state index contributed by atoms with van der Waals surface area (Å²) in [5, 5.41) is 2.53. The van der Waals surface area contributed by atoms with Gasteiger partial charge in [0.25, 0.3) is 0 Å². The largest absolute Gasteiger partial charge is 0.467 e. The number of amides is 1. The maximum Gasteiger partial charge on any atom is 0.332 e. The Kier molecular flexibility index (Phi) is 2.90. The van der Waals surface area contributed by atoms with Crippen molar-refractivity contribution in [2.24, 2.45) is 0 Å². The summed E-state index contributed by atoms with van der Waals surface area (Å²) >= 11 is 0. The van der Waals surface area contributed by atoms with Gasteiger partial charge in [-0.05, 0) is 19.7 Å². The van der Waals surface area contributed by atoms with E-state index < -0.39 is 18.1 Å². The number of esters is 1. The van der Waals surface area contributed by atoms with Gasteiger partial charge in [0.2, 0.25) is 5.91 Å². The number of hydrogen-bond acceptors (Lipinski definition) is 4. The van der Waals surface area contributed by atoms with E-state index in [1.807, 2.05) is 0 Å². The van der Waals surface area contributed by atoms with Gasteiger partial charge in [0.15, 0.2) is 6.04 Å². The average molecular weight is 198 g/mol. The van der Waals surface area contributed by atoms with Crippen molar-refractivity contribution in [2.75, 3.05) is 21.2 Å². The van der Waals surface area contributed by atoms with Crippen LogP contribution in [0.3, 0.4) is 0 Å². The molecule has 0 radical (unpaired) electrons. The highest BCUT2D eigenvalue weighted by molar-refractivity contribution is 5.97. The van der Waals surface area contributed by atoms with Gasteiger partial charge in [-0.15, -0.1) is 0 Å². The number of hydrogen-bond donors (Lipinski definition) is 1. The predicted octanol–water partition coefficient (Wildman–Crippen LogP) is -0.856. The summed E-state index contributed by atoms with van der Waals surface area (Å²) in [4.78, 5) is 24.4. The molecule has 0 bridgehead atoms. The van der Waals surface area contributed by atoms with Gasteiger partial charge in [0.1, 0.15) is 6.04 Å². The fraction of sp³-hybridized carbons (Fsp3) is 0.556.